The van der Waals surface area contributed by atoms with Gasteiger partial charge in [0.15, 0.2) is 23.0 Å². The smallest absolute Gasteiger partial charge is 0.328 e. The monoisotopic (exact) mass is 387 g/mol. The summed E-state index contributed by atoms with van der Waals surface area (Å²) in [6, 6.07) is 5.50. The van der Waals surface area contributed by atoms with Gasteiger partial charge in [0.1, 0.15) is 6.04 Å². The molecule has 1 aliphatic heterocycles. The molecule has 1 aliphatic rings. The minimum absolute atomic E-state index is 0.132. The Morgan fingerprint density at radius 3 is 2.29 bits per heavy atom. The number of hydrogen-bond acceptors (Lipinski definition) is 7. The van der Waals surface area contributed by atoms with E-state index < -0.39 is 18.1 Å². The third-order valence-corrected chi connectivity index (χ3v) is 4.99. The number of nitrogens with zero attached hydrogens (tertiary/aromatic N) is 1. The van der Waals surface area contributed by atoms with Crippen molar-refractivity contribution in [3.63, 3.8) is 0 Å². The van der Waals surface area contributed by atoms with Crippen LogP contribution >= 0.6 is 0 Å². The van der Waals surface area contributed by atoms with E-state index in [-0.39, 0.29) is 41.7 Å². The third kappa shape index (κ3) is 3.40. The highest BCUT2D eigenvalue weighted by Gasteiger charge is 2.41. The van der Waals surface area contributed by atoms with Crippen molar-refractivity contribution in [3.05, 3.63) is 47.0 Å². The highest BCUT2D eigenvalue weighted by molar-refractivity contribution is 5.85. The van der Waals surface area contributed by atoms with Gasteiger partial charge in [0, 0.05) is 13.3 Å². The van der Waals surface area contributed by atoms with E-state index >= 15 is 0 Å². The lowest BCUT2D eigenvalue weighted by molar-refractivity contribution is -0.155. The number of ether oxygens (including phenoxy) is 1. The van der Waals surface area contributed by atoms with E-state index in [1.165, 1.54) is 43.2 Å². The second kappa shape index (κ2) is 7.30. The van der Waals surface area contributed by atoms with Crippen molar-refractivity contribution in [2.24, 2.45) is 0 Å². The molecule has 1 amide bonds. The van der Waals surface area contributed by atoms with Crippen LogP contribution in [0.15, 0.2) is 30.3 Å². The van der Waals surface area contributed by atoms with Crippen molar-refractivity contribution >= 4 is 11.9 Å². The summed E-state index contributed by atoms with van der Waals surface area (Å²) >= 11 is 0. The Kier molecular flexibility index (Phi) is 5.04. The van der Waals surface area contributed by atoms with E-state index in [0.29, 0.717) is 16.7 Å². The van der Waals surface area contributed by atoms with Crippen LogP contribution in [0.4, 0.5) is 0 Å². The first-order valence-corrected chi connectivity index (χ1v) is 8.65. The molecule has 2 aromatic carbocycles. The maximum Gasteiger partial charge on any atom is 0.328 e. The van der Waals surface area contributed by atoms with Crippen LogP contribution in [0.3, 0.4) is 0 Å². The molecule has 4 N–H and O–H groups in total. The number of amides is 1. The largest absolute Gasteiger partial charge is 0.504 e. The minimum Gasteiger partial charge on any atom is -0.504 e. The molecule has 2 aromatic rings. The first kappa shape index (κ1) is 19.3. The summed E-state index contributed by atoms with van der Waals surface area (Å²) < 4.78 is 4.85. The molecule has 0 aromatic heterocycles. The van der Waals surface area contributed by atoms with Crippen LogP contribution in [-0.2, 0) is 27.2 Å². The van der Waals surface area contributed by atoms with Gasteiger partial charge in [0.25, 0.3) is 0 Å². The van der Waals surface area contributed by atoms with Gasteiger partial charge in [-0.15, -0.1) is 0 Å². The summed E-state index contributed by atoms with van der Waals surface area (Å²) in [6.45, 7) is 1.34. The van der Waals surface area contributed by atoms with Gasteiger partial charge >= 0.3 is 5.97 Å². The molecule has 3 rings (SSSR count). The van der Waals surface area contributed by atoms with Gasteiger partial charge in [-0.25, -0.2) is 4.79 Å². The van der Waals surface area contributed by atoms with Crippen LogP contribution in [0.5, 0.6) is 23.0 Å². The summed E-state index contributed by atoms with van der Waals surface area (Å²) in [4.78, 5) is 26.2. The number of phenols is 4. The second-order valence-corrected chi connectivity index (χ2v) is 6.75. The fourth-order valence-corrected chi connectivity index (χ4v) is 3.70. The lowest BCUT2D eigenvalue weighted by Gasteiger charge is -2.41. The molecule has 148 valence electrons. The Labute approximate surface area is 161 Å². The highest BCUT2D eigenvalue weighted by atomic mass is 16.5. The van der Waals surface area contributed by atoms with E-state index in [1.54, 1.807) is 6.07 Å². The number of methoxy groups -OCH3 is 1. The number of rotatable bonds is 3. The molecule has 0 unspecified atom stereocenters. The van der Waals surface area contributed by atoms with Gasteiger partial charge in [-0.2, -0.15) is 0 Å². The number of phenolic OH excluding ortho intramolecular Hbond substituents is 4. The van der Waals surface area contributed by atoms with Crippen molar-refractivity contribution in [1.29, 1.82) is 0 Å². The van der Waals surface area contributed by atoms with Gasteiger partial charge in [0.2, 0.25) is 5.91 Å². The van der Waals surface area contributed by atoms with E-state index in [1.807, 2.05) is 0 Å². The SMILES string of the molecule is COC(=O)[C@@H]1Cc2cc(O)c(O)cc2[C@H](Cc2ccc(O)c(O)c2)N1C(C)=O. The van der Waals surface area contributed by atoms with Gasteiger partial charge in [0.05, 0.1) is 13.2 Å². The van der Waals surface area contributed by atoms with Gasteiger partial charge in [-0.3, -0.25) is 4.79 Å². The summed E-state index contributed by atoms with van der Waals surface area (Å²) in [7, 11) is 1.23. The number of carbonyl (C=O) groups excluding carboxylic acids is 2. The average molecular weight is 387 g/mol. The first-order chi connectivity index (χ1) is 13.2. The van der Waals surface area contributed by atoms with Crippen molar-refractivity contribution in [2.45, 2.75) is 31.8 Å². The Balaban J connectivity index is 2.13. The molecule has 28 heavy (non-hydrogen) atoms. The molecule has 0 saturated carbocycles. The van der Waals surface area contributed by atoms with E-state index in [2.05, 4.69) is 0 Å². The number of hydrogen-bond donors (Lipinski definition) is 4. The summed E-state index contributed by atoms with van der Waals surface area (Å²) in [6.07, 6.45) is 0.338. The van der Waals surface area contributed by atoms with Crippen LogP contribution in [0.1, 0.15) is 29.7 Å². The fraction of sp³-hybridized carbons (Fsp3) is 0.300. The Morgan fingerprint density at radius 1 is 1.04 bits per heavy atom. The van der Waals surface area contributed by atoms with Gasteiger partial charge in [-0.1, -0.05) is 6.07 Å². The average Bonchev–Trinajstić information content (AvgIpc) is 2.64. The molecule has 2 atom stereocenters. The van der Waals surface area contributed by atoms with Crippen molar-refractivity contribution in [1.82, 2.24) is 4.90 Å². The molecule has 0 spiro atoms. The van der Waals surface area contributed by atoms with Crippen molar-refractivity contribution < 1.29 is 34.8 Å². The fourth-order valence-electron chi connectivity index (χ4n) is 3.70. The number of carbonyl (C=O) groups is 2. The second-order valence-electron chi connectivity index (χ2n) is 6.75. The molecule has 1 heterocycles. The minimum atomic E-state index is -0.894. The molecule has 8 heteroatoms. The predicted octanol–water partition coefficient (Wildman–Crippen LogP) is 1.74. The lowest BCUT2D eigenvalue weighted by Crippen LogP contribution is -2.51. The number of fused-ring (bicyclic) bond motifs is 1. The quantitative estimate of drug-likeness (QED) is 0.466. The van der Waals surface area contributed by atoms with Gasteiger partial charge in [-0.05, 0) is 47.4 Å². The van der Waals surface area contributed by atoms with E-state index in [4.69, 9.17) is 4.74 Å². The standard InChI is InChI=1S/C20H21NO7/c1-10(22)21-14(5-11-3-4-16(23)17(24)6-11)13-9-19(26)18(25)8-12(13)7-15(21)20(27)28-2/h3-4,6,8-9,14-15,23-26H,5,7H2,1-2H3/t14-,15-/m0/s1. The van der Waals surface area contributed by atoms with E-state index in [0.717, 1.165) is 0 Å². The van der Waals surface area contributed by atoms with Crippen LogP contribution in [0.2, 0.25) is 0 Å². The van der Waals surface area contributed by atoms with Crippen LogP contribution in [0, 0.1) is 0 Å². The van der Waals surface area contributed by atoms with Crippen LogP contribution in [0.25, 0.3) is 0 Å². The van der Waals surface area contributed by atoms with Crippen LogP contribution < -0.4 is 0 Å². The normalized spacial score (nSPS) is 18.4. The molecule has 0 fully saturated rings. The Hall–Kier alpha value is -3.42. The van der Waals surface area contributed by atoms with E-state index in [9.17, 15) is 30.0 Å². The molecular formula is C20H21NO7. The van der Waals surface area contributed by atoms with Crippen molar-refractivity contribution in [3.8, 4) is 23.0 Å². The molecule has 0 bridgehead atoms. The molecule has 8 nitrogen and oxygen atoms in total. The number of esters is 1. The highest BCUT2D eigenvalue weighted by Crippen LogP contribution is 2.41. The van der Waals surface area contributed by atoms with Crippen molar-refractivity contribution in [2.75, 3.05) is 7.11 Å². The first-order valence-electron chi connectivity index (χ1n) is 8.65. The zero-order chi connectivity index (χ0) is 20.6. The Morgan fingerprint density at radius 2 is 1.68 bits per heavy atom. The molecule has 0 radical (unpaired) electrons. The number of benzene rings is 2. The topological polar surface area (TPSA) is 128 Å². The Bertz CT molecular complexity index is 940. The maximum atomic E-state index is 12.4. The molecule has 0 aliphatic carbocycles. The molecular weight excluding hydrogens is 366 g/mol. The summed E-state index contributed by atoms with van der Waals surface area (Å²) in [5.41, 5.74) is 1.80. The van der Waals surface area contributed by atoms with Crippen LogP contribution in [-0.4, -0.2) is 50.4 Å². The maximum absolute atomic E-state index is 12.4. The molecule has 0 saturated heterocycles. The summed E-state index contributed by atoms with van der Waals surface area (Å²) in [5.74, 6) is -2.18. The predicted molar refractivity (Wildman–Crippen MR) is 98.0 cm³/mol. The number of aromatic hydroxyl groups is 4. The van der Waals surface area contributed by atoms with Gasteiger partial charge < -0.3 is 30.1 Å². The zero-order valence-electron chi connectivity index (χ0n) is 15.4. The summed E-state index contributed by atoms with van der Waals surface area (Å²) in [5, 5.41) is 39.1. The third-order valence-electron chi connectivity index (χ3n) is 4.99. The zero-order valence-corrected chi connectivity index (χ0v) is 15.4. The lowest BCUT2D eigenvalue weighted by atomic mass is 9.84.